The van der Waals surface area contributed by atoms with E-state index in [0.29, 0.717) is 39.6 Å². The Morgan fingerprint density at radius 3 is 2.04 bits per heavy atom. The van der Waals surface area contributed by atoms with Gasteiger partial charge in [-0.15, -0.1) is 0 Å². The molecule has 0 fully saturated rings. The van der Waals surface area contributed by atoms with Crippen LogP contribution in [0, 0.1) is 6.92 Å². The molecule has 6 nitrogen and oxygen atoms in total. The summed E-state index contributed by atoms with van der Waals surface area (Å²) in [4.78, 5) is 11.3. The number of rotatable bonds is 13. The molecule has 1 aromatic carbocycles. The van der Waals surface area contributed by atoms with E-state index in [9.17, 15) is 4.79 Å². The van der Waals surface area contributed by atoms with E-state index in [2.05, 4.69) is 5.32 Å². The second kappa shape index (κ2) is 12.8. The highest BCUT2D eigenvalue weighted by atomic mass is 16.6. The molecule has 1 rings (SSSR count). The zero-order valence-corrected chi connectivity index (χ0v) is 14.9. The summed E-state index contributed by atoms with van der Waals surface area (Å²) in [6.07, 6.45) is 0. The molecule has 0 spiro atoms. The van der Waals surface area contributed by atoms with Gasteiger partial charge in [0.2, 0.25) is 5.91 Å². The minimum Gasteiger partial charge on any atom is -0.491 e. The predicted molar refractivity (Wildman–Crippen MR) is 92.4 cm³/mol. The van der Waals surface area contributed by atoms with Crippen LogP contribution in [-0.2, 0) is 19.0 Å². The fourth-order valence-electron chi connectivity index (χ4n) is 1.82. The molecule has 0 saturated carbocycles. The molecule has 0 heterocycles. The van der Waals surface area contributed by atoms with Crippen LogP contribution in [0.5, 0.6) is 5.75 Å². The molecule has 0 unspecified atom stereocenters. The standard InChI is InChI=1S/C18H29NO5/c1-15(2)19-18(20)14-23-11-10-21-8-9-22-12-13-24-17-6-4-16(3)5-7-17/h4-7,15H,8-14H2,1-3H3,(H,19,20). The zero-order chi connectivity index (χ0) is 17.6. The number of amides is 1. The van der Waals surface area contributed by atoms with Gasteiger partial charge < -0.3 is 24.3 Å². The van der Waals surface area contributed by atoms with Crippen LogP contribution in [0.3, 0.4) is 0 Å². The number of aryl methyl sites for hydroxylation is 1. The van der Waals surface area contributed by atoms with Gasteiger partial charge in [-0.3, -0.25) is 4.79 Å². The highest BCUT2D eigenvalue weighted by Crippen LogP contribution is 2.10. The molecule has 24 heavy (non-hydrogen) atoms. The molecule has 136 valence electrons. The van der Waals surface area contributed by atoms with Crippen molar-refractivity contribution < 1.29 is 23.7 Å². The van der Waals surface area contributed by atoms with E-state index in [1.165, 1.54) is 5.56 Å². The number of hydrogen-bond acceptors (Lipinski definition) is 5. The molecule has 0 aliphatic rings. The lowest BCUT2D eigenvalue weighted by atomic mass is 10.2. The first kappa shape index (κ1) is 20.4. The SMILES string of the molecule is Cc1ccc(OCCOCCOCCOCC(=O)NC(C)C)cc1. The van der Waals surface area contributed by atoms with E-state index in [1.807, 2.05) is 45.0 Å². The Morgan fingerprint density at radius 2 is 1.46 bits per heavy atom. The topological polar surface area (TPSA) is 66.0 Å². The van der Waals surface area contributed by atoms with Gasteiger partial charge in [0.15, 0.2) is 0 Å². The molecule has 0 aliphatic carbocycles. The number of carbonyl (C=O) groups is 1. The Labute approximate surface area is 144 Å². The zero-order valence-electron chi connectivity index (χ0n) is 14.9. The molecule has 1 amide bonds. The van der Waals surface area contributed by atoms with Crippen molar-refractivity contribution in [3.05, 3.63) is 29.8 Å². The molecule has 6 heteroatoms. The summed E-state index contributed by atoms with van der Waals surface area (Å²) in [5.74, 6) is 0.737. The van der Waals surface area contributed by atoms with Gasteiger partial charge in [-0.05, 0) is 32.9 Å². The van der Waals surface area contributed by atoms with Gasteiger partial charge in [0.05, 0.1) is 33.0 Å². The van der Waals surface area contributed by atoms with Crippen LogP contribution in [-0.4, -0.2) is 58.2 Å². The molecule has 0 atom stereocenters. The van der Waals surface area contributed by atoms with Crippen molar-refractivity contribution in [3.8, 4) is 5.75 Å². The van der Waals surface area contributed by atoms with E-state index in [-0.39, 0.29) is 18.6 Å². The molecule has 0 aromatic heterocycles. The fourth-order valence-corrected chi connectivity index (χ4v) is 1.82. The third-order valence-corrected chi connectivity index (χ3v) is 2.94. The first-order valence-electron chi connectivity index (χ1n) is 8.30. The molecule has 0 radical (unpaired) electrons. The highest BCUT2D eigenvalue weighted by molar-refractivity contribution is 5.77. The molecule has 0 saturated heterocycles. The minimum absolute atomic E-state index is 0.0639. The molecular weight excluding hydrogens is 310 g/mol. The number of ether oxygens (including phenoxy) is 4. The van der Waals surface area contributed by atoms with Crippen molar-refractivity contribution >= 4 is 5.91 Å². The first-order valence-corrected chi connectivity index (χ1v) is 8.30. The molecule has 1 N–H and O–H groups in total. The number of hydrogen-bond donors (Lipinski definition) is 1. The molecule has 0 bridgehead atoms. The Hall–Kier alpha value is -1.63. The smallest absolute Gasteiger partial charge is 0.246 e. The highest BCUT2D eigenvalue weighted by Gasteiger charge is 2.02. The Morgan fingerprint density at radius 1 is 0.917 bits per heavy atom. The fraction of sp³-hybridized carbons (Fsp3) is 0.611. The second-order valence-electron chi connectivity index (χ2n) is 5.66. The normalized spacial score (nSPS) is 10.8. The monoisotopic (exact) mass is 339 g/mol. The number of benzene rings is 1. The van der Waals surface area contributed by atoms with Crippen LogP contribution >= 0.6 is 0 Å². The maximum absolute atomic E-state index is 11.3. The van der Waals surface area contributed by atoms with Crippen LogP contribution in [0.25, 0.3) is 0 Å². The number of nitrogens with one attached hydrogen (secondary N) is 1. The predicted octanol–water partition coefficient (Wildman–Crippen LogP) is 1.95. The lowest BCUT2D eigenvalue weighted by Crippen LogP contribution is -2.33. The van der Waals surface area contributed by atoms with E-state index < -0.39 is 0 Å². The van der Waals surface area contributed by atoms with Crippen molar-refractivity contribution in [1.29, 1.82) is 0 Å². The van der Waals surface area contributed by atoms with E-state index in [4.69, 9.17) is 18.9 Å². The summed E-state index contributed by atoms with van der Waals surface area (Å²) >= 11 is 0. The Kier molecular flexibility index (Phi) is 10.8. The van der Waals surface area contributed by atoms with E-state index >= 15 is 0 Å². The Balaban J connectivity index is 1.84. The third kappa shape index (κ3) is 11.0. The largest absolute Gasteiger partial charge is 0.491 e. The summed E-state index contributed by atoms with van der Waals surface area (Å²) in [6.45, 7) is 8.78. The van der Waals surface area contributed by atoms with Gasteiger partial charge >= 0.3 is 0 Å². The average molecular weight is 339 g/mol. The summed E-state index contributed by atoms with van der Waals surface area (Å²) < 4.78 is 21.5. The second-order valence-corrected chi connectivity index (χ2v) is 5.66. The quantitative estimate of drug-likeness (QED) is 0.557. The minimum atomic E-state index is -0.109. The van der Waals surface area contributed by atoms with Crippen molar-refractivity contribution in [2.24, 2.45) is 0 Å². The molecule has 0 aliphatic heterocycles. The number of carbonyl (C=O) groups excluding carboxylic acids is 1. The van der Waals surface area contributed by atoms with Gasteiger partial charge in [-0.25, -0.2) is 0 Å². The lowest BCUT2D eigenvalue weighted by Gasteiger charge is -2.09. The van der Waals surface area contributed by atoms with Crippen LogP contribution < -0.4 is 10.1 Å². The average Bonchev–Trinajstić information content (AvgIpc) is 2.53. The molecule has 1 aromatic rings. The van der Waals surface area contributed by atoms with Gasteiger partial charge in [0.25, 0.3) is 0 Å². The van der Waals surface area contributed by atoms with Gasteiger partial charge in [0, 0.05) is 6.04 Å². The van der Waals surface area contributed by atoms with Crippen molar-refractivity contribution in [1.82, 2.24) is 5.32 Å². The first-order chi connectivity index (χ1) is 11.6. The van der Waals surface area contributed by atoms with Gasteiger partial charge in [0.1, 0.15) is 19.0 Å². The van der Waals surface area contributed by atoms with Crippen molar-refractivity contribution in [3.63, 3.8) is 0 Å². The lowest BCUT2D eigenvalue weighted by molar-refractivity contribution is -0.126. The summed E-state index contributed by atoms with van der Waals surface area (Å²) in [5, 5.41) is 2.75. The van der Waals surface area contributed by atoms with E-state index in [0.717, 1.165) is 5.75 Å². The van der Waals surface area contributed by atoms with Crippen molar-refractivity contribution in [2.45, 2.75) is 26.8 Å². The maximum atomic E-state index is 11.3. The van der Waals surface area contributed by atoms with Crippen LogP contribution in [0.2, 0.25) is 0 Å². The van der Waals surface area contributed by atoms with Crippen LogP contribution in [0.4, 0.5) is 0 Å². The van der Waals surface area contributed by atoms with E-state index in [1.54, 1.807) is 0 Å². The molecular formula is C18H29NO5. The van der Waals surface area contributed by atoms with Crippen LogP contribution in [0.1, 0.15) is 19.4 Å². The third-order valence-electron chi connectivity index (χ3n) is 2.94. The summed E-state index contributed by atoms with van der Waals surface area (Å²) in [6, 6.07) is 8.04. The maximum Gasteiger partial charge on any atom is 0.246 e. The summed E-state index contributed by atoms with van der Waals surface area (Å²) in [5.41, 5.74) is 1.21. The van der Waals surface area contributed by atoms with Gasteiger partial charge in [-0.1, -0.05) is 17.7 Å². The van der Waals surface area contributed by atoms with Crippen LogP contribution in [0.15, 0.2) is 24.3 Å². The summed E-state index contributed by atoms with van der Waals surface area (Å²) in [7, 11) is 0. The van der Waals surface area contributed by atoms with Crippen molar-refractivity contribution in [2.75, 3.05) is 46.2 Å². The Bertz CT molecular complexity index is 447. The van der Waals surface area contributed by atoms with Gasteiger partial charge in [-0.2, -0.15) is 0 Å².